The van der Waals surface area contributed by atoms with E-state index in [0.717, 1.165) is 47.2 Å². The van der Waals surface area contributed by atoms with Crippen molar-refractivity contribution in [1.82, 2.24) is 24.2 Å². The SMILES string of the molecule is COc1ccc(C)cc1-n1c(=O)c2ccccc2n2c(SCC(=O)N3N=C4/C(=C/c5ccc(F)cc5)CCCC4C3c3ccc(F)cc3)nnc12. The summed E-state index contributed by atoms with van der Waals surface area (Å²) in [4.78, 5) is 28.2. The first-order valence-electron chi connectivity index (χ1n) is 16.6. The first-order chi connectivity index (χ1) is 24.8. The maximum atomic E-state index is 14.2. The van der Waals surface area contributed by atoms with Gasteiger partial charge >= 0.3 is 0 Å². The quantitative estimate of drug-likeness (QED) is 0.160. The highest BCUT2D eigenvalue weighted by molar-refractivity contribution is 7.99. The summed E-state index contributed by atoms with van der Waals surface area (Å²) in [5.41, 5.74) is 5.23. The summed E-state index contributed by atoms with van der Waals surface area (Å²) in [6.45, 7) is 1.93. The molecule has 0 spiro atoms. The number of carbonyl (C=O) groups excluding carboxylic acids is 1. The Morgan fingerprint density at radius 1 is 0.980 bits per heavy atom. The van der Waals surface area contributed by atoms with Crippen molar-refractivity contribution in [2.24, 2.45) is 11.0 Å². The fourth-order valence-corrected chi connectivity index (χ4v) is 7.91. The zero-order valence-electron chi connectivity index (χ0n) is 27.8. The smallest absolute Gasteiger partial charge is 0.267 e. The minimum atomic E-state index is -0.430. The Balaban J connectivity index is 1.17. The third-order valence-electron chi connectivity index (χ3n) is 9.47. The van der Waals surface area contributed by atoms with Crippen molar-refractivity contribution in [2.45, 2.75) is 37.4 Å². The Morgan fingerprint density at radius 2 is 1.73 bits per heavy atom. The van der Waals surface area contributed by atoms with Crippen molar-refractivity contribution in [3.05, 3.63) is 135 Å². The number of methoxy groups -OCH3 is 1. The van der Waals surface area contributed by atoms with Crippen LogP contribution in [0.25, 0.3) is 28.4 Å². The van der Waals surface area contributed by atoms with E-state index in [2.05, 4.69) is 10.2 Å². The van der Waals surface area contributed by atoms with Gasteiger partial charge in [-0.15, -0.1) is 10.2 Å². The molecule has 1 aliphatic heterocycles. The molecule has 1 amide bonds. The van der Waals surface area contributed by atoms with Gasteiger partial charge in [-0.25, -0.2) is 18.4 Å². The average Bonchev–Trinajstić information content (AvgIpc) is 3.75. The van der Waals surface area contributed by atoms with Crippen LogP contribution in [0.5, 0.6) is 5.75 Å². The number of ether oxygens (including phenoxy) is 1. The maximum absolute atomic E-state index is 14.2. The Bertz CT molecular complexity index is 2440. The van der Waals surface area contributed by atoms with Crippen LogP contribution in [0.4, 0.5) is 8.78 Å². The van der Waals surface area contributed by atoms with E-state index < -0.39 is 6.04 Å². The number of aromatic nitrogens is 4. The van der Waals surface area contributed by atoms with Crippen LogP contribution in [0.1, 0.15) is 42.0 Å². The summed E-state index contributed by atoms with van der Waals surface area (Å²) in [5, 5.41) is 16.3. The molecule has 0 bridgehead atoms. The Hall–Kier alpha value is -5.62. The number of halogens is 2. The number of carbonyl (C=O) groups is 1. The predicted molar refractivity (Wildman–Crippen MR) is 193 cm³/mol. The van der Waals surface area contributed by atoms with Crippen LogP contribution >= 0.6 is 11.8 Å². The minimum absolute atomic E-state index is 0.0276. The zero-order valence-corrected chi connectivity index (χ0v) is 28.6. The number of para-hydroxylation sites is 1. The standard InChI is InChI=1S/C39H32F2N6O3S/c1-23-10-19-33(50-2)32(20-23)45-37(49)29-7-3-4-9-31(29)46-38(45)42-43-39(46)51-22-34(48)47-36(25-13-17-28(41)18-14-25)30-8-5-6-26(35(30)44-47)21-24-11-15-27(40)16-12-24/h3-4,7,9-21,30,36H,5-6,8,22H2,1-2H3/b26-21+. The molecular weight excluding hydrogens is 671 g/mol. The predicted octanol–water partition coefficient (Wildman–Crippen LogP) is 7.54. The lowest BCUT2D eigenvalue weighted by Crippen LogP contribution is -2.33. The summed E-state index contributed by atoms with van der Waals surface area (Å²) in [6, 6.07) is 24.9. The molecule has 9 nitrogen and oxygen atoms in total. The molecule has 1 saturated carbocycles. The molecule has 2 aliphatic rings. The van der Waals surface area contributed by atoms with Crippen LogP contribution in [0.2, 0.25) is 0 Å². The number of hydrazone groups is 1. The molecule has 12 heteroatoms. The van der Waals surface area contributed by atoms with Gasteiger partial charge in [0.15, 0.2) is 5.16 Å². The molecule has 4 aromatic carbocycles. The monoisotopic (exact) mass is 702 g/mol. The van der Waals surface area contributed by atoms with E-state index in [1.54, 1.807) is 54.0 Å². The largest absolute Gasteiger partial charge is 0.495 e. The molecule has 1 fully saturated rings. The van der Waals surface area contributed by atoms with Crippen LogP contribution in [-0.2, 0) is 4.79 Å². The highest BCUT2D eigenvalue weighted by Crippen LogP contribution is 2.45. The fourth-order valence-electron chi connectivity index (χ4n) is 7.12. The second kappa shape index (κ2) is 13.3. The van der Waals surface area contributed by atoms with Crippen molar-refractivity contribution < 1.29 is 18.3 Å². The first kappa shape index (κ1) is 32.6. The third kappa shape index (κ3) is 5.89. The fraction of sp³-hybridized carbons (Fsp3) is 0.205. The van der Waals surface area contributed by atoms with Gasteiger partial charge in [0, 0.05) is 5.92 Å². The summed E-state index contributed by atoms with van der Waals surface area (Å²) in [7, 11) is 1.55. The third-order valence-corrected chi connectivity index (χ3v) is 10.4. The normalized spacial score (nSPS) is 18.0. The molecule has 0 N–H and O–H groups in total. The number of nitrogens with zero attached hydrogens (tertiary/aromatic N) is 6. The molecule has 2 atom stereocenters. The molecule has 2 aromatic heterocycles. The topological polar surface area (TPSA) is 94.1 Å². The van der Waals surface area contributed by atoms with Crippen LogP contribution in [0.3, 0.4) is 0 Å². The van der Waals surface area contributed by atoms with Gasteiger partial charge < -0.3 is 4.74 Å². The van der Waals surface area contributed by atoms with E-state index in [1.165, 1.54) is 45.6 Å². The van der Waals surface area contributed by atoms with Gasteiger partial charge in [0.1, 0.15) is 17.4 Å². The average molecular weight is 703 g/mol. The lowest BCUT2D eigenvalue weighted by atomic mass is 9.77. The van der Waals surface area contributed by atoms with Gasteiger partial charge in [-0.2, -0.15) is 5.10 Å². The summed E-state index contributed by atoms with van der Waals surface area (Å²) in [6.07, 6.45) is 4.47. The van der Waals surface area contributed by atoms with Crippen molar-refractivity contribution in [3.8, 4) is 11.4 Å². The lowest BCUT2D eigenvalue weighted by Gasteiger charge is -2.29. The van der Waals surface area contributed by atoms with E-state index in [4.69, 9.17) is 9.84 Å². The van der Waals surface area contributed by atoms with Crippen LogP contribution < -0.4 is 10.3 Å². The van der Waals surface area contributed by atoms with Crippen molar-refractivity contribution in [3.63, 3.8) is 0 Å². The Kier molecular flexibility index (Phi) is 8.47. The van der Waals surface area contributed by atoms with Crippen LogP contribution in [0, 0.1) is 24.5 Å². The molecule has 2 unspecified atom stereocenters. The number of allylic oxidation sites excluding steroid dienone is 1. The number of aryl methyl sites for hydroxylation is 1. The molecule has 0 saturated heterocycles. The molecule has 256 valence electrons. The number of benzene rings is 4. The highest BCUT2D eigenvalue weighted by Gasteiger charge is 2.43. The molecule has 8 rings (SSSR count). The number of amides is 1. The number of hydrogen-bond acceptors (Lipinski definition) is 7. The van der Waals surface area contributed by atoms with Gasteiger partial charge in [-0.05, 0) is 103 Å². The van der Waals surface area contributed by atoms with E-state index in [0.29, 0.717) is 27.5 Å². The van der Waals surface area contributed by atoms with Crippen LogP contribution in [-0.4, -0.2) is 48.7 Å². The molecular formula is C39H32F2N6O3S. The number of fused-ring (bicyclic) bond motifs is 4. The number of rotatable bonds is 7. The van der Waals surface area contributed by atoms with Gasteiger partial charge in [-0.3, -0.25) is 14.0 Å². The van der Waals surface area contributed by atoms with Gasteiger partial charge in [0.2, 0.25) is 5.78 Å². The van der Waals surface area contributed by atoms with Crippen molar-refractivity contribution in [2.75, 3.05) is 12.9 Å². The summed E-state index contributed by atoms with van der Waals surface area (Å²) >= 11 is 1.20. The highest BCUT2D eigenvalue weighted by atomic mass is 32.2. The first-order valence-corrected chi connectivity index (χ1v) is 17.6. The van der Waals surface area contributed by atoms with Gasteiger partial charge in [-0.1, -0.05) is 54.2 Å². The number of hydrogen-bond donors (Lipinski definition) is 0. The molecule has 0 radical (unpaired) electrons. The Morgan fingerprint density at radius 3 is 2.49 bits per heavy atom. The second-order valence-electron chi connectivity index (χ2n) is 12.7. The molecule has 6 aromatic rings. The van der Waals surface area contributed by atoms with E-state index >= 15 is 0 Å². The van der Waals surface area contributed by atoms with Crippen LogP contribution in [0.15, 0.2) is 112 Å². The maximum Gasteiger partial charge on any atom is 0.267 e. The Labute approximate surface area is 295 Å². The van der Waals surface area contributed by atoms with E-state index in [9.17, 15) is 18.4 Å². The molecule has 51 heavy (non-hydrogen) atoms. The molecule has 1 aliphatic carbocycles. The summed E-state index contributed by atoms with van der Waals surface area (Å²) in [5.74, 6) is -0.270. The zero-order chi connectivity index (χ0) is 35.2. The van der Waals surface area contributed by atoms with Gasteiger partial charge in [0.05, 0.1) is 41.2 Å². The van der Waals surface area contributed by atoms with Crippen molar-refractivity contribution >= 4 is 46.1 Å². The van der Waals surface area contributed by atoms with E-state index in [-0.39, 0.29) is 40.5 Å². The number of thioether (sulfide) groups is 1. The van der Waals surface area contributed by atoms with E-state index in [1.807, 2.05) is 37.3 Å². The minimum Gasteiger partial charge on any atom is -0.495 e. The van der Waals surface area contributed by atoms with Gasteiger partial charge in [0.25, 0.3) is 11.5 Å². The molecule has 3 heterocycles. The summed E-state index contributed by atoms with van der Waals surface area (Å²) < 4.78 is 36.6. The second-order valence-corrected chi connectivity index (χ2v) is 13.6. The lowest BCUT2D eigenvalue weighted by molar-refractivity contribution is -0.130. The van der Waals surface area contributed by atoms with Crippen molar-refractivity contribution in [1.29, 1.82) is 0 Å².